The van der Waals surface area contributed by atoms with Crippen LogP contribution in [0.2, 0.25) is 5.02 Å². The number of piperazine rings is 1. The summed E-state index contributed by atoms with van der Waals surface area (Å²) in [5.41, 5.74) is 3.87. The summed E-state index contributed by atoms with van der Waals surface area (Å²) in [5, 5.41) is 7.78. The van der Waals surface area contributed by atoms with E-state index in [2.05, 4.69) is 15.1 Å². The molecular formula is C22H21ClN4O2. The number of halogens is 1. The zero-order valence-corrected chi connectivity index (χ0v) is 16.8. The van der Waals surface area contributed by atoms with Crippen molar-refractivity contribution in [2.75, 3.05) is 31.1 Å². The van der Waals surface area contributed by atoms with Gasteiger partial charge >= 0.3 is 0 Å². The highest BCUT2D eigenvalue weighted by Crippen LogP contribution is 2.22. The molecule has 1 aliphatic heterocycles. The Morgan fingerprint density at radius 1 is 0.966 bits per heavy atom. The van der Waals surface area contributed by atoms with Gasteiger partial charge < -0.3 is 9.80 Å². The molecule has 148 valence electrons. The summed E-state index contributed by atoms with van der Waals surface area (Å²) in [5.74, 6) is 0.00813. The van der Waals surface area contributed by atoms with Crippen LogP contribution < -0.4 is 4.90 Å². The molecule has 0 unspecified atom stereocenters. The van der Waals surface area contributed by atoms with Gasteiger partial charge in [0.05, 0.1) is 5.69 Å². The van der Waals surface area contributed by atoms with E-state index in [1.54, 1.807) is 25.1 Å². The lowest BCUT2D eigenvalue weighted by atomic mass is 10.1. The second-order valence-corrected chi connectivity index (χ2v) is 7.49. The fourth-order valence-electron chi connectivity index (χ4n) is 3.44. The molecule has 1 aliphatic rings. The first kappa shape index (κ1) is 19.2. The Hall–Kier alpha value is -3.12. The lowest BCUT2D eigenvalue weighted by Crippen LogP contribution is -2.48. The number of carbonyl (C=O) groups is 2. The minimum Gasteiger partial charge on any atom is -0.368 e. The normalized spacial score (nSPS) is 14.1. The van der Waals surface area contributed by atoms with E-state index in [1.807, 2.05) is 41.3 Å². The number of carbonyl (C=O) groups excluding carboxylic acids is 2. The van der Waals surface area contributed by atoms with Gasteiger partial charge in [0.2, 0.25) is 0 Å². The molecule has 2 heterocycles. The van der Waals surface area contributed by atoms with E-state index >= 15 is 0 Å². The van der Waals surface area contributed by atoms with Gasteiger partial charge in [0.15, 0.2) is 5.78 Å². The first-order valence-corrected chi connectivity index (χ1v) is 9.85. The van der Waals surface area contributed by atoms with Crippen molar-refractivity contribution >= 4 is 29.0 Å². The van der Waals surface area contributed by atoms with Gasteiger partial charge in [-0.05, 0) is 49.4 Å². The number of benzene rings is 2. The average molecular weight is 409 g/mol. The minimum absolute atomic E-state index is 0.0516. The van der Waals surface area contributed by atoms with E-state index in [0.717, 1.165) is 24.3 Å². The number of ketones is 1. The van der Waals surface area contributed by atoms with E-state index < -0.39 is 0 Å². The van der Waals surface area contributed by atoms with E-state index in [9.17, 15) is 9.59 Å². The van der Waals surface area contributed by atoms with Crippen molar-refractivity contribution in [3.63, 3.8) is 0 Å². The van der Waals surface area contributed by atoms with E-state index in [0.29, 0.717) is 35.1 Å². The number of nitrogens with one attached hydrogen (secondary N) is 1. The summed E-state index contributed by atoms with van der Waals surface area (Å²) >= 11 is 5.93. The largest absolute Gasteiger partial charge is 0.368 e. The molecule has 0 spiro atoms. The molecule has 2 aromatic carbocycles. The Bertz CT molecular complexity index is 1020. The quantitative estimate of drug-likeness (QED) is 0.665. The highest BCUT2D eigenvalue weighted by Gasteiger charge is 2.24. The Morgan fingerprint density at radius 3 is 2.24 bits per heavy atom. The number of H-pyrrole nitrogens is 1. The number of aromatic nitrogens is 2. The molecule has 0 aliphatic carbocycles. The smallest absolute Gasteiger partial charge is 0.272 e. The van der Waals surface area contributed by atoms with Gasteiger partial charge in [-0.2, -0.15) is 5.10 Å². The maximum atomic E-state index is 12.8. The fourth-order valence-corrected chi connectivity index (χ4v) is 3.57. The van der Waals surface area contributed by atoms with E-state index in [4.69, 9.17) is 11.6 Å². The summed E-state index contributed by atoms with van der Waals surface area (Å²) in [4.78, 5) is 28.3. The van der Waals surface area contributed by atoms with Crippen LogP contribution in [0.1, 0.15) is 27.8 Å². The van der Waals surface area contributed by atoms with Crippen LogP contribution in [0.15, 0.2) is 54.6 Å². The van der Waals surface area contributed by atoms with Crippen LogP contribution in [0.25, 0.3) is 11.3 Å². The van der Waals surface area contributed by atoms with Gasteiger partial charge in [-0.25, -0.2) is 0 Å². The number of hydrogen-bond acceptors (Lipinski definition) is 4. The third-order valence-corrected chi connectivity index (χ3v) is 5.41. The molecule has 6 nitrogen and oxygen atoms in total. The Kier molecular flexibility index (Phi) is 5.36. The van der Waals surface area contributed by atoms with Crippen LogP contribution in [0, 0.1) is 0 Å². The Balaban J connectivity index is 1.39. The molecule has 0 radical (unpaired) electrons. The number of amides is 1. The molecule has 1 N–H and O–H groups in total. The summed E-state index contributed by atoms with van der Waals surface area (Å²) < 4.78 is 0. The SMILES string of the molecule is CC(=O)c1ccc(N2CCN(C(=O)c3cc(-c4ccc(Cl)cc4)n[nH]3)CC2)cc1. The number of hydrogen-bond donors (Lipinski definition) is 1. The first-order chi connectivity index (χ1) is 14.0. The van der Waals surface area contributed by atoms with Crippen molar-refractivity contribution in [1.82, 2.24) is 15.1 Å². The molecule has 1 aromatic heterocycles. The lowest BCUT2D eigenvalue weighted by molar-refractivity contribution is 0.0740. The van der Waals surface area contributed by atoms with Crippen molar-refractivity contribution in [1.29, 1.82) is 0 Å². The molecule has 0 bridgehead atoms. The van der Waals surface area contributed by atoms with Crippen molar-refractivity contribution in [3.05, 3.63) is 70.9 Å². The Labute approximate surface area is 174 Å². The zero-order chi connectivity index (χ0) is 20.4. The standard InChI is InChI=1S/C22H21ClN4O2/c1-15(28)16-4-8-19(9-5-16)26-10-12-27(13-11-26)22(29)21-14-20(24-25-21)17-2-6-18(23)7-3-17/h2-9,14H,10-13H2,1H3,(H,24,25). The molecule has 7 heteroatoms. The van der Waals surface area contributed by atoms with Crippen LogP contribution >= 0.6 is 11.6 Å². The topological polar surface area (TPSA) is 69.3 Å². The monoisotopic (exact) mass is 408 g/mol. The van der Waals surface area contributed by atoms with Crippen LogP contribution in [0.5, 0.6) is 0 Å². The van der Waals surface area contributed by atoms with Gasteiger partial charge in [-0.3, -0.25) is 14.7 Å². The van der Waals surface area contributed by atoms with Gasteiger partial charge in [0.25, 0.3) is 5.91 Å². The number of aromatic amines is 1. The minimum atomic E-state index is -0.0516. The molecule has 0 saturated carbocycles. The van der Waals surface area contributed by atoms with Gasteiger partial charge in [0.1, 0.15) is 5.69 Å². The third kappa shape index (κ3) is 4.17. The van der Waals surface area contributed by atoms with Crippen molar-refractivity contribution in [3.8, 4) is 11.3 Å². The van der Waals surface area contributed by atoms with Crippen LogP contribution in [-0.2, 0) is 0 Å². The van der Waals surface area contributed by atoms with Gasteiger partial charge in [0, 0.05) is 48.0 Å². The summed E-state index contributed by atoms with van der Waals surface area (Å²) in [6.07, 6.45) is 0. The molecule has 1 saturated heterocycles. The molecule has 29 heavy (non-hydrogen) atoms. The zero-order valence-electron chi connectivity index (χ0n) is 16.1. The number of rotatable bonds is 4. The highest BCUT2D eigenvalue weighted by molar-refractivity contribution is 6.30. The Morgan fingerprint density at radius 2 is 1.62 bits per heavy atom. The van der Waals surface area contributed by atoms with Crippen LogP contribution in [0.4, 0.5) is 5.69 Å². The van der Waals surface area contributed by atoms with Crippen molar-refractivity contribution in [2.45, 2.75) is 6.92 Å². The maximum absolute atomic E-state index is 12.8. The second kappa shape index (κ2) is 8.09. The van der Waals surface area contributed by atoms with Gasteiger partial charge in [-0.15, -0.1) is 0 Å². The number of nitrogens with zero attached hydrogens (tertiary/aromatic N) is 3. The summed E-state index contributed by atoms with van der Waals surface area (Å²) in [6, 6.07) is 16.7. The van der Waals surface area contributed by atoms with Crippen molar-refractivity contribution in [2.24, 2.45) is 0 Å². The molecule has 1 amide bonds. The second-order valence-electron chi connectivity index (χ2n) is 7.06. The maximum Gasteiger partial charge on any atom is 0.272 e. The van der Waals surface area contributed by atoms with E-state index in [1.165, 1.54) is 0 Å². The molecule has 1 fully saturated rings. The van der Waals surface area contributed by atoms with Crippen molar-refractivity contribution < 1.29 is 9.59 Å². The number of Topliss-reactive ketones (excluding diaryl/α,β-unsaturated/α-hetero) is 1. The number of anilines is 1. The van der Waals surface area contributed by atoms with E-state index in [-0.39, 0.29) is 11.7 Å². The molecular weight excluding hydrogens is 388 g/mol. The van der Waals surface area contributed by atoms with Gasteiger partial charge in [-0.1, -0.05) is 23.7 Å². The predicted molar refractivity (Wildman–Crippen MR) is 114 cm³/mol. The first-order valence-electron chi connectivity index (χ1n) is 9.48. The fraction of sp³-hybridized carbons (Fsp3) is 0.227. The average Bonchev–Trinajstić information content (AvgIpc) is 3.24. The lowest BCUT2D eigenvalue weighted by Gasteiger charge is -2.36. The summed E-state index contributed by atoms with van der Waals surface area (Å²) in [7, 11) is 0. The predicted octanol–water partition coefficient (Wildman–Crippen LogP) is 3.90. The molecule has 0 atom stereocenters. The summed E-state index contributed by atoms with van der Waals surface area (Å²) in [6.45, 7) is 4.30. The van der Waals surface area contributed by atoms with Crippen LogP contribution in [-0.4, -0.2) is 53.0 Å². The van der Waals surface area contributed by atoms with Crippen LogP contribution in [0.3, 0.4) is 0 Å². The third-order valence-electron chi connectivity index (χ3n) is 5.15. The molecule has 4 rings (SSSR count). The molecule has 3 aromatic rings. The highest BCUT2D eigenvalue weighted by atomic mass is 35.5.